The number of unbranched alkanes of at least 4 members (excludes halogenated alkanes) is 1. The van der Waals surface area contributed by atoms with Crippen LogP contribution in [-0.2, 0) is 27.1 Å². The number of halogens is 3. The van der Waals surface area contributed by atoms with Gasteiger partial charge in [0.2, 0.25) is 17.7 Å². The summed E-state index contributed by atoms with van der Waals surface area (Å²) in [6, 6.07) is 4.90. The van der Waals surface area contributed by atoms with Crippen molar-refractivity contribution in [3.05, 3.63) is 35.4 Å². The summed E-state index contributed by atoms with van der Waals surface area (Å²) >= 11 is 0. The molecule has 2 aliphatic rings. The Kier molecular flexibility index (Phi) is 7.79. The third kappa shape index (κ3) is 6.01. The normalized spacial score (nSPS) is 21.7. The fraction of sp³-hybridized carbons (Fsp3) is 0.609. The number of hydrogen-bond acceptors (Lipinski definition) is 3. The maximum atomic E-state index is 13.0. The van der Waals surface area contributed by atoms with Crippen LogP contribution in [0.15, 0.2) is 24.3 Å². The second kappa shape index (κ2) is 10.4. The van der Waals surface area contributed by atoms with Gasteiger partial charge in [0.05, 0.1) is 17.4 Å². The lowest BCUT2D eigenvalue weighted by Gasteiger charge is -2.33. The van der Waals surface area contributed by atoms with E-state index in [1.807, 2.05) is 6.92 Å². The average Bonchev–Trinajstić information content (AvgIpc) is 3.13. The van der Waals surface area contributed by atoms with Crippen molar-refractivity contribution in [2.75, 3.05) is 26.2 Å². The zero-order valence-electron chi connectivity index (χ0n) is 18.3. The van der Waals surface area contributed by atoms with E-state index in [9.17, 15) is 27.6 Å². The Bertz CT molecular complexity index is 843. The van der Waals surface area contributed by atoms with Gasteiger partial charge in [0.15, 0.2) is 0 Å². The molecule has 2 heterocycles. The highest BCUT2D eigenvalue weighted by molar-refractivity contribution is 5.89. The van der Waals surface area contributed by atoms with Gasteiger partial charge in [0.1, 0.15) is 0 Å². The van der Waals surface area contributed by atoms with Gasteiger partial charge in [-0.1, -0.05) is 25.5 Å². The first-order valence-corrected chi connectivity index (χ1v) is 11.2. The summed E-state index contributed by atoms with van der Waals surface area (Å²) < 4.78 is 38.8. The number of nitrogens with one attached hydrogen (secondary N) is 1. The van der Waals surface area contributed by atoms with Gasteiger partial charge in [-0.3, -0.25) is 14.4 Å². The van der Waals surface area contributed by atoms with Crippen LogP contribution >= 0.6 is 0 Å². The van der Waals surface area contributed by atoms with Crippen LogP contribution < -0.4 is 5.32 Å². The standard InChI is InChI=1S/C23H30F3N3O3/c1-2-3-9-27-21(31)17-7-5-10-28(14-17)22(32)18-12-20(30)29(15-18)13-16-6-4-8-19(11-16)23(24,25)26/h4,6,8,11,17-18H,2-3,5,7,9-10,12-15H2,1H3,(H,27,31). The van der Waals surface area contributed by atoms with Gasteiger partial charge in [-0.2, -0.15) is 13.2 Å². The number of carbonyl (C=O) groups excluding carboxylic acids is 3. The van der Waals surface area contributed by atoms with Crippen molar-refractivity contribution in [3.63, 3.8) is 0 Å². The molecule has 0 radical (unpaired) electrons. The van der Waals surface area contributed by atoms with Gasteiger partial charge in [-0.05, 0) is 37.0 Å². The molecule has 3 amide bonds. The van der Waals surface area contributed by atoms with Crippen LogP contribution in [0, 0.1) is 11.8 Å². The van der Waals surface area contributed by atoms with Crippen LogP contribution in [0.3, 0.4) is 0 Å². The summed E-state index contributed by atoms with van der Waals surface area (Å²) in [6.45, 7) is 3.78. The predicted molar refractivity (Wildman–Crippen MR) is 112 cm³/mol. The zero-order chi connectivity index (χ0) is 23.3. The fourth-order valence-electron chi connectivity index (χ4n) is 4.34. The Morgan fingerprint density at radius 3 is 2.69 bits per heavy atom. The van der Waals surface area contributed by atoms with Crippen LogP contribution in [0.25, 0.3) is 0 Å². The number of carbonyl (C=O) groups is 3. The molecule has 1 aromatic rings. The van der Waals surface area contributed by atoms with Gasteiger partial charge in [-0.25, -0.2) is 0 Å². The van der Waals surface area contributed by atoms with E-state index >= 15 is 0 Å². The number of nitrogens with zero attached hydrogens (tertiary/aromatic N) is 2. The minimum absolute atomic E-state index is 0.0367. The maximum Gasteiger partial charge on any atom is 0.416 e. The van der Waals surface area contributed by atoms with E-state index in [2.05, 4.69) is 5.32 Å². The molecule has 6 nitrogen and oxygen atoms in total. The van der Waals surface area contributed by atoms with Crippen LogP contribution in [-0.4, -0.2) is 53.7 Å². The minimum atomic E-state index is -4.45. The summed E-state index contributed by atoms with van der Waals surface area (Å²) in [5.41, 5.74) is -0.381. The van der Waals surface area contributed by atoms with E-state index in [1.165, 1.54) is 11.0 Å². The van der Waals surface area contributed by atoms with Gasteiger partial charge < -0.3 is 15.1 Å². The molecule has 0 spiro atoms. The molecule has 3 rings (SSSR count). The fourth-order valence-corrected chi connectivity index (χ4v) is 4.34. The second-order valence-electron chi connectivity index (χ2n) is 8.64. The largest absolute Gasteiger partial charge is 0.416 e. The molecule has 176 valence electrons. The van der Waals surface area contributed by atoms with Crippen LogP contribution in [0.1, 0.15) is 50.2 Å². The molecule has 2 fully saturated rings. The van der Waals surface area contributed by atoms with Crippen molar-refractivity contribution in [3.8, 4) is 0 Å². The molecular formula is C23H30F3N3O3. The number of benzene rings is 1. The van der Waals surface area contributed by atoms with Crippen molar-refractivity contribution in [2.45, 2.75) is 51.7 Å². The Balaban J connectivity index is 1.57. The van der Waals surface area contributed by atoms with E-state index < -0.39 is 17.7 Å². The highest BCUT2D eigenvalue weighted by Gasteiger charge is 2.39. The maximum absolute atomic E-state index is 13.0. The summed E-state index contributed by atoms with van der Waals surface area (Å²) in [4.78, 5) is 41.0. The summed E-state index contributed by atoms with van der Waals surface area (Å²) in [5, 5.41) is 2.92. The highest BCUT2D eigenvalue weighted by Crippen LogP contribution is 2.31. The zero-order valence-corrected chi connectivity index (χ0v) is 18.3. The number of hydrogen-bond donors (Lipinski definition) is 1. The summed E-state index contributed by atoms with van der Waals surface area (Å²) in [7, 11) is 0. The average molecular weight is 454 g/mol. The molecule has 1 N–H and O–H groups in total. The van der Waals surface area contributed by atoms with E-state index in [1.54, 1.807) is 11.0 Å². The lowest BCUT2D eigenvalue weighted by molar-refractivity contribution is -0.139. The molecule has 2 aliphatic heterocycles. The minimum Gasteiger partial charge on any atom is -0.356 e. The number of piperidine rings is 1. The lowest BCUT2D eigenvalue weighted by Crippen LogP contribution is -2.47. The van der Waals surface area contributed by atoms with Gasteiger partial charge in [0.25, 0.3) is 0 Å². The molecule has 0 bridgehead atoms. The quantitative estimate of drug-likeness (QED) is 0.645. The van der Waals surface area contributed by atoms with Crippen molar-refractivity contribution in [1.82, 2.24) is 15.1 Å². The van der Waals surface area contributed by atoms with Gasteiger partial charge >= 0.3 is 6.18 Å². The lowest BCUT2D eigenvalue weighted by atomic mass is 9.95. The number of rotatable bonds is 7. The van der Waals surface area contributed by atoms with Crippen LogP contribution in [0.4, 0.5) is 13.2 Å². The molecule has 0 aliphatic carbocycles. The van der Waals surface area contributed by atoms with E-state index in [0.29, 0.717) is 25.2 Å². The summed E-state index contributed by atoms with van der Waals surface area (Å²) in [6.07, 6.45) is -1.05. The number of likely N-dealkylation sites (tertiary alicyclic amines) is 2. The van der Waals surface area contributed by atoms with E-state index in [-0.39, 0.29) is 43.1 Å². The molecule has 2 atom stereocenters. The number of amides is 3. The molecule has 9 heteroatoms. The predicted octanol–water partition coefficient (Wildman–Crippen LogP) is 3.21. The first-order chi connectivity index (χ1) is 15.2. The first kappa shape index (κ1) is 24.1. The third-order valence-electron chi connectivity index (χ3n) is 6.12. The number of alkyl halides is 3. The molecule has 2 saturated heterocycles. The van der Waals surface area contributed by atoms with E-state index in [0.717, 1.165) is 37.8 Å². The Morgan fingerprint density at radius 2 is 1.97 bits per heavy atom. The molecule has 0 saturated carbocycles. The summed E-state index contributed by atoms with van der Waals surface area (Å²) in [5.74, 6) is -1.22. The Labute approximate surface area is 186 Å². The molecule has 1 aromatic carbocycles. The third-order valence-corrected chi connectivity index (χ3v) is 6.12. The van der Waals surface area contributed by atoms with Crippen molar-refractivity contribution in [1.29, 1.82) is 0 Å². The van der Waals surface area contributed by atoms with Crippen LogP contribution in [0.2, 0.25) is 0 Å². The Hall–Kier alpha value is -2.58. The second-order valence-corrected chi connectivity index (χ2v) is 8.64. The SMILES string of the molecule is CCCCNC(=O)C1CCCN(C(=O)C2CC(=O)N(Cc3cccc(C(F)(F)F)c3)C2)C1. The monoisotopic (exact) mass is 453 g/mol. The molecule has 32 heavy (non-hydrogen) atoms. The Morgan fingerprint density at radius 1 is 1.19 bits per heavy atom. The topological polar surface area (TPSA) is 69.7 Å². The first-order valence-electron chi connectivity index (χ1n) is 11.2. The highest BCUT2D eigenvalue weighted by atomic mass is 19.4. The molecule has 0 aromatic heterocycles. The molecular weight excluding hydrogens is 423 g/mol. The van der Waals surface area contributed by atoms with Gasteiger partial charge in [0, 0.05) is 39.1 Å². The smallest absolute Gasteiger partial charge is 0.356 e. The van der Waals surface area contributed by atoms with Crippen molar-refractivity contribution in [2.24, 2.45) is 11.8 Å². The van der Waals surface area contributed by atoms with Gasteiger partial charge in [-0.15, -0.1) is 0 Å². The van der Waals surface area contributed by atoms with Crippen molar-refractivity contribution >= 4 is 17.7 Å². The van der Waals surface area contributed by atoms with Crippen molar-refractivity contribution < 1.29 is 27.6 Å². The molecule has 2 unspecified atom stereocenters. The van der Waals surface area contributed by atoms with Crippen LogP contribution in [0.5, 0.6) is 0 Å². The van der Waals surface area contributed by atoms with E-state index in [4.69, 9.17) is 0 Å².